The molecule has 19 heavy (non-hydrogen) atoms. The summed E-state index contributed by atoms with van der Waals surface area (Å²) in [6.45, 7) is 1.86. The van der Waals surface area contributed by atoms with E-state index >= 15 is 0 Å². The highest BCUT2D eigenvalue weighted by Gasteiger charge is 2.37. The molecule has 1 aliphatic rings. The topological polar surface area (TPSA) is 124 Å². The number of carbonyl (C=O) groups is 1. The van der Waals surface area contributed by atoms with Gasteiger partial charge in [-0.05, 0) is 19.3 Å². The summed E-state index contributed by atoms with van der Waals surface area (Å²) >= 11 is 0. The normalized spacial score (nSPS) is 20.8. The predicted molar refractivity (Wildman–Crippen MR) is 64.2 cm³/mol. The van der Waals surface area contributed by atoms with Crippen molar-refractivity contribution in [1.82, 2.24) is 14.5 Å². The van der Waals surface area contributed by atoms with Gasteiger partial charge >= 0.3 is 5.97 Å². The third-order valence-electron chi connectivity index (χ3n) is 3.20. The highest BCUT2D eigenvalue weighted by Crippen LogP contribution is 2.27. The monoisotopic (exact) mass is 289 g/mol. The number of rotatable bonds is 4. The molecule has 1 aromatic rings. The number of aromatic amines is 1. The Hall–Kier alpha value is -1.45. The lowest BCUT2D eigenvalue weighted by Gasteiger charge is -2.16. The molecule has 0 radical (unpaired) electrons. The van der Waals surface area contributed by atoms with E-state index in [0.717, 1.165) is 0 Å². The van der Waals surface area contributed by atoms with E-state index in [-0.39, 0.29) is 36.2 Å². The van der Waals surface area contributed by atoms with Crippen LogP contribution in [0.2, 0.25) is 0 Å². The summed E-state index contributed by atoms with van der Waals surface area (Å²) in [6.07, 6.45) is 0.565. The number of aliphatic hydroxyl groups is 1. The SMILES string of the molecule is Cc1[nH]nc(C(=O)O)c1S(=O)(=O)N1CCC(CO)C1. The molecule has 1 saturated heterocycles. The summed E-state index contributed by atoms with van der Waals surface area (Å²) in [7, 11) is -3.90. The predicted octanol–water partition coefficient (Wildman–Crippen LogP) is -0.581. The van der Waals surface area contributed by atoms with Gasteiger partial charge in [0.2, 0.25) is 10.0 Å². The van der Waals surface area contributed by atoms with Crippen molar-refractivity contribution in [2.75, 3.05) is 19.7 Å². The summed E-state index contributed by atoms with van der Waals surface area (Å²) in [6, 6.07) is 0. The van der Waals surface area contributed by atoms with Crippen LogP contribution in [0.25, 0.3) is 0 Å². The number of sulfonamides is 1. The summed E-state index contributed by atoms with van der Waals surface area (Å²) < 4.78 is 26.0. The van der Waals surface area contributed by atoms with Crippen LogP contribution in [-0.2, 0) is 10.0 Å². The Morgan fingerprint density at radius 3 is 2.79 bits per heavy atom. The molecule has 3 N–H and O–H groups in total. The molecule has 1 fully saturated rings. The third-order valence-corrected chi connectivity index (χ3v) is 5.23. The van der Waals surface area contributed by atoms with Gasteiger partial charge in [-0.25, -0.2) is 13.2 Å². The van der Waals surface area contributed by atoms with Gasteiger partial charge in [0.25, 0.3) is 0 Å². The highest BCUT2D eigenvalue weighted by atomic mass is 32.2. The van der Waals surface area contributed by atoms with Crippen molar-refractivity contribution < 1.29 is 23.4 Å². The molecule has 2 heterocycles. The van der Waals surface area contributed by atoms with E-state index in [1.807, 2.05) is 0 Å². The van der Waals surface area contributed by atoms with Crippen LogP contribution in [0.15, 0.2) is 4.90 Å². The number of aryl methyl sites for hydroxylation is 1. The fourth-order valence-electron chi connectivity index (χ4n) is 2.17. The van der Waals surface area contributed by atoms with E-state index in [0.29, 0.717) is 6.42 Å². The van der Waals surface area contributed by atoms with E-state index in [9.17, 15) is 13.2 Å². The Balaban J connectivity index is 2.41. The maximum Gasteiger partial charge on any atom is 0.357 e. The first kappa shape index (κ1) is 14.0. The largest absolute Gasteiger partial charge is 0.476 e. The number of carboxylic acid groups (broad SMARTS) is 1. The molecule has 0 aromatic carbocycles. The maximum atomic E-state index is 12.4. The lowest BCUT2D eigenvalue weighted by molar-refractivity contribution is 0.0686. The van der Waals surface area contributed by atoms with E-state index in [2.05, 4.69) is 10.2 Å². The van der Waals surface area contributed by atoms with Crippen LogP contribution in [0.4, 0.5) is 0 Å². The van der Waals surface area contributed by atoms with Crippen LogP contribution in [0.1, 0.15) is 22.6 Å². The van der Waals surface area contributed by atoms with Crippen LogP contribution in [-0.4, -0.2) is 58.8 Å². The fraction of sp³-hybridized carbons (Fsp3) is 0.600. The Kier molecular flexibility index (Phi) is 3.61. The Labute approximate surface area is 110 Å². The standard InChI is InChI=1S/C10H15N3O5S/c1-6-9(8(10(15)16)12-11-6)19(17,18)13-3-2-7(4-13)5-14/h7,14H,2-5H2,1H3,(H,11,12)(H,15,16). The number of hydrogen-bond donors (Lipinski definition) is 3. The van der Waals surface area contributed by atoms with Crippen molar-refractivity contribution in [2.24, 2.45) is 5.92 Å². The maximum absolute atomic E-state index is 12.4. The highest BCUT2D eigenvalue weighted by molar-refractivity contribution is 7.89. The lowest BCUT2D eigenvalue weighted by atomic mass is 10.1. The van der Waals surface area contributed by atoms with Crippen LogP contribution in [0, 0.1) is 12.8 Å². The second kappa shape index (κ2) is 4.91. The van der Waals surface area contributed by atoms with Crippen molar-refractivity contribution in [3.8, 4) is 0 Å². The van der Waals surface area contributed by atoms with Crippen molar-refractivity contribution in [3.05, 3.63) is 11.4 Å². The molecule has 0 bridgehead atoms. The minimum Gasteiger partial charge on any atom is -0.476 e. The fourth-order valence-corrected chi connectivity index (χ4v) is 3.99. The molecule has 0 amide bonds. The number of H-pyrrole nitrogens is 1. The number of aliphatic hydroxyl groups excluding tert-OH is 1. The van der Waals surface area contributed by atoms with Gasteiger partial charge in [0.05, 0.1) is 5.69 Å². The molecule has 0 saturated carbocycles. The van der Waals surface area contributed by atoms with Crippen LogP contribution >= 0.6 is 0 Å². The smallest absolute Gasteiger partial charge is 0.357 e. The summed E-state index contributed by atoms with van der Waals surface area (Å²) in [5.74, 6) is -1.49. The Morgan fingerprint density at radius 2 is 2.26 bits per heavy atom. The molecule has 0 aliphatic carbocycles. The van der Waals surface area contributed by atoms with E-state index in [4.69, 9.17) is 10.2 Å². The summed E-state index contributed by atoms with van der Waals surface area (Å²) in [4.78, 5) is 10.7. The average Bonchev–Trinajstić information content (AvgIpc) is 2.94. The molecule has 1 aromatic heterocycles. The Bertz CT molecular complexity index is 594. The zero-order valence-electron chi connectivity index (χ0n) is 10.3. The molecule has 106 valence electrons. The van der Waals surface area contributed by atoms with E-state index in [1.165, 1.54) is 11.2 Å². The molecule has 1 unspecified atom stereocenters. The second-order valence-corrected chi connectivity index (χ2v) is 6.41. The molecular formula is C10H15N3O5S. The second-order valence-electron chi connectivity index (χ2n) is 4.53. The first-order chi connectivity index (χ1) is 8.87. The van der Waals surface area contributed by atoms with Gasteiger partial charge < -0.3 is 10.2 Å². The van der Waals surface area contributed by atoms with Gasteiger partial charge in [0.15, 0.2) is 5.69 Å². The molecule has 2 rings (SSSR count). The number of hydrogen-bond acceptors (Lipinski definition) is 5. The van der Waals surface area contributed by atoms with Gasteiger partial charge in [-0.3, -0.25) is 5.10 Å². The van der Waals surface area contributed by atoms with Crippen LogP contribution in [0.3, 0.4) is 0 Å². The minimum atomic E-state index is -3.90. The van der Waals surface area contributed by atoms with E-state index in [1.54, 1.807) is 0 Å². The summed E-state index contributed by atoms with van der Waals surface area (Å²) in [5.41, 5.74) is -0.296. The van der Waals surface area contributed by atoms with Crippen molar-refractivity contribution in [1.29, 1.82) is 0 Å². The molecule has 1 atom stereocenters. The summed E-state index contributed by atoms with van der Waals surface area (Å²) in [5, 5.41) is 23.9. The van der Waals surface area contributed by atoms with Crippen molar-refractivity contribution in [2.45, 2.75) is 18.2 Å². The van der Waals surface area contributed by atoms with Gasteiger partial charge in [-0.2, -0.15) is 9.40 Å². The molecule has 9 heteroatoms. The third kappa shape index (κ3) is 2.36. The molecule has 1 aliphatic heterocycles. The lowest BCUT2D eigenvalue weighted by Crippen LogP contribution is -2.30. The first-order valence-corrected chi connectivity index (χ1v) is 7.21. The van der Waals surface area contributed by atoms with Gasteiger partial charge in [0, 0.05) is 19.7 Å². The number of aromatic carboxylic acids is 1. The molecular weight excluding hydrogens is 274 g/mol. The van der Waals surface area contributed by atoms with Gasteiger partial charge in [0.1, 0.15) is 4.90 Å². The van der Waals surface area contributed by atoms with Crippen molar-refractivity contribution in [3.63, 3.8) is 0 Å². The number of aromatic nitrogens is 2. The Morgan fingerprint density at radius 1 is 1.58 bits per heavy atom. The average molecular weight is 289 g/mol. The number of nitrogens with zero attached hydrogens (tertiary/aromatic N) is 2. The van der Waals surface area contributed by atoms with Crippen LogP contribution < -0.4 is 0 Å². The number of carboxylic acids is 1. The van der Waals surface area contributed by atoms with Gasteiger partial charge in [-0.15, -0.1) is 0 Å². The van der Waals surface area contributed by atoms with Crippen molar-refractivity contribution >= 4 is 16.0 Å². The quantitative estimate of drug-likeness (QED) is 0.681. The van der Waals surface area contributed by atoms with Gasteiger partial charge in [-0.1, -0.05) is 0 Å². The van der Waals surface area contributed by atoms with Crippen LogP contribution in [0.5, 0.6) is 0 Å². The minimum absolute atomic E-state index is 0.0812. The number of nitrogens with one attached hydrogen (secondary N) is 1. The first-order valence-electron chi connectivity index (χ1n) is 5.77. The zero-order chi connectivity index (χ0) is 14.2. The molecule has 0 spiro atoms. The zero-order valence-corrected chi connectivity index (χ0v) is 11.1. The molecule has 8 nitrogen and oxygen atoms in total. The van der Waals surface area contributed by atoms with E-state index < -0.39 is 21.7 Å².